The van der Waals surface area contributed by atoms with E-state index in [1.54, 1.807) is 0 Å². The molecule has 29 heavy (non-hydrogen) atoms. The average Bonchev–Trinajstić information content (AvgIpc) is 3.33. The number of benzene rings is 1. The Kier molecular flexibility index (Phi) is 4.50. The lowest BCUT2D eigenvalue weighted by Gasteiger charge is -2.28. The van der Waals surface area contributed by atoms with Crippen molar-refractivity contribution in [2.24, 2.45) is 4.99 Å². The summed E-state index contributed by atoms with van der Waals surface area (Å²) in [5, 5.41) is 1.74. The number of aliphatic imine (C=N–C) groups is 1. The van der Waals surface area contributed by atoms with Gasteiger partial charge in [-0.25, -0.2) is 0 Å². The zero-order valence-corrected chi connectivity index (χ0v) is 18.1. The van der Waals surface area contributed by atoms with Crippen LogP contribution in [-0.4, -0.2) is 31.4 Å². The maximum atomic E-state index is 5.16. The molecule has 0 spiro atoms. The van der Waals surface area contributed by atoms with E-state index in [4.69, 9.17) is 4.99 Å². The molecule has 3 aromatic rings. The Morgan fingerprint density at radius 3 is 2.45 bits per heavy atom. The largest absolute Gasteiger partial charge is 0.341 e. The lowest BCUT2D eigenvalue weighted by Crippen LogP contribution is -2.29. The van der Waals surface area contributed by atoms with E-state index in [1.165, 1.54) is 33.4 Å². The lowest BCUT2D eigenvalue weighted by molar-refractivity contribution is 0.319. The van der Waals surface area contributed by atoms with Gasteiger partial charge in [0.25, 0.3) is 0 Å². The van der Waals surface area contributed by atoms with Crippen molar-refractivity contribution in [3.05, 3.63) is 82.9 Å². The van der Waals surface area contributed by atoms with E-state index in [-0.39, 0.29) is 12.1 Å². The summed E-state index contributed by atoms with van der Waals surface area (Å²) in [6.45, 7) is 10.1. The molecule has 1 saturated heterocycles. The molecular weight excluding hydrogens is 376 g/mol. The smallest absolute Gasteiger partial charge is 0.160 e. The molecule has 2 aromatic heterocycles. The van der Waals surface area contributed by atoms with Crippen LogP contribution in [0.25, 0.3) is 5.69 Å². The highest BCUT2D eigenvalue weighted by molar-refractivity contribution is 8.14. The lowest BCUT2D eigenvalue weighted by atomic mass is 9.93. The highest BCUT2D eigenvalue weighted by Crippen LogP contribution is 2.50. The van der Waals surface area contributed by atoms with E-state index in [9.17, 15) is 0 Å². The number of nitrogens with zero attached hydrogens (tertiary/aromatic N) is 4. The van der Waals surface area contributed by atoms with E-state index in [1.807, 2.05) is 24.0 Å². The van der Waals surface area contributed by atoms with Gasteiger partial charge in [-0.15, -0.1) is 0 Å². The van der Waals surface area contributed by atoms with Crippen LogP contribution in [-0.2, 0) is 0 Å². The Labute approximate surface area is 176 Å². The van der Waals surface area contributed by atoms with E-state index >= 15 is 0 Å². The van der Waals surface area contributed by atoms with Crippen molar-refractivity contribution in [2.75, 3.05) is 6.54 Å². The molecular formula is C24H26N4S. The molecule has 5 heteroatoms. The maximum absolute atomic E-state index is 5.16. The fraction of sp³-hybridized carbons (Fsp3) is 0.333. The van der Waals surface area contributed by atoms with Crippen molar-refractivity contribution in [1.29, 1.82) is 0 Å². The van der Waals surface area contributed by atoms with Gasteiger partial charge in [-0.1, -0.05) is 43.0 Å². The fourth-order valence-electron chi connectivity index (χ4n) is 4.84. The van der Waals surface area contributed by atoms with Crippen LogP contribution in [0.3, 0.4) is 0 Å². The minimum absolute atomic E-state index is 0.0367. The average molecular weight is 403 g/mol. The molecule has 1 aromatic carbocycles. The van der Waals surface area contributed by atoms with E-state index in [0.29, 0.717) is 5.25 Å². The number of hydrogen-bond donors (Lipinski definition) is 0. The molecule has 2 aliphatic heterocycles. The summed E-state index contributed by atoms with van der Waals surface area (Å²) in [4.78, 5) is 12.3. The van der Waals surface area contributed by atoms with Gasteiger partial charge in [0.2, 0.25) is 0 Å². The molecule has 148 valence electrons. The van der Waals surface area contributed by atoms with Crippen LogP contribution in [0.4, 0.5) is 0 Å². The first-order valence-electron chi connectivity index (χ1n) is 10.2. The van der Waals surface area contributed by atoms with Crippen molar-refractivity contribution >= 4 is 16.9 Å². The molecule has 0 aliphatic carbocycles. The number of pyridine rings is 1. The minimum Gasteiger partial charge on any atom is -0.341 e. The summed E-state index contributed by atoms with van der Waals surface area (Å²) in [6.07, 6.45) is 1.88. The minimum atomic E-state index is 0.0367. The van der Waals surface area contributed by atoms with E-state index < -0.39 is 0 Å². The number of fused-ring (bicyclic) bond motifs is 1. The molecule has 5 rings (SSSR count). The third-order valence-electron chi connectivity index (χ3n) is 6.20. The maximum Gasteiger partial charge on any atom is 0.160 e. The van der Waals surface area contributed by atoms with Crippen LogP contribution in [0.1, 0.15) is 47.2 Å². The molecule has 0 unspecified atom stereocenters. The molecule has 1 fully saturated rings. The summed E-state index contributed by atoms with van der Waals surface area (Å²) < 4.78 is 2.39. The SMILES string of the molecule is Cc1c([C@H]2[C@@H](c3ccccn3)N=C3S[C@@H](C)CN32)c(C)n(-c2ccccc2)c1C. The standard InChI is InChI=1S/C24H26N4S/c1-15-14-27-23(22(26-24(27)29-15)20-12-8-9-13-25-20)21-16(2)17(3)28(18(21)4)19-10-6-5-7-11-19/h5-13,15,22-23H,14H2,1-4H3/t15-,22+,23-/m0/s1. The van der Waals surface area contributed by atoms with Gasteiger partial charge in [-0.05, 0) is 50.6 Å². The third kappa shape index (κ3) is 2.91. The predicted octanol–water partition coefficient (Wildman–Crippen LogP) is 5.39. The topological polar surface area (TPSA) is 33.4 Å². The summed E-state index contributed by atoms with van der Waals surface area (Å²) in [5.41, 5.74) is 7.63. The fourth-order valence-corrected chi connectivity index (χ4v) is 5.93. The van der Waals surface area contributed by atoms with Crippen LogP contribution >= 0.6 is 11.8 Å². The highest BCUT2D eigenvalue weighted by atomic mass is 32.2. The quantitative estimate of drug-likeness (QED) is 0.589. The second kappa shape index (κ2) is 7.06. The zero-order valence-electron chi connectivity index (χ0n) is 17.3. The Morgan fingerprint density at radius 1 is 0.966 bits per heavy atom. The van der Waals surface area contributed by atoms with Crippen LogP contribution in [0.5, 0.6) is 0 Å². The Bertz CT molecular complexity index is 1070. The van der Waals surface area contributed by atoms with E-state index in [2.05, 4.69) is 84.6 Å². The van der Waals surface area contributed by atoms with Gasteiger partial charge in [0.1, 0.15) is 6.04 Å². The van der Waals surface area contributed by atoms with Crippen molar-refractivity contribution in [3.8, 4) is 5.69 Å². The van der Waals surface area contributed by atoms with Crippen molar-refractivity contribution in [3.63, 3.8) is 0 Å². The molecule has 0 saturated carbocycles. The molecule has 0 radical (unpaired) electrons. The van der Waals surface area contributed by atoms with E-state index in [0.717, 1.165) is 12.2 Å². The number of hydrogen-bond acceptors (Lipinski definition) is 4. The van der Waals surface area contributed by atoms with Gasteiger partial charge in [0.05, 0.1) is 11.7 Å². The molecule has 0 amide bonds. The Morgan fingerprint density at radius 2 is 1.72 bits per heavy atom. The molecule has 3 atom stereocenters. The highest BCUT2D eigenvalue weighted by Gasteiger charge is 2.45. The normalized spacial score (nSPS) is 23.4. The van der Waals surface area contributed by atoms with Gasteiger partial charge in [0.15, 0.2) is 5.17 Å². The summed E-state index contributed by atoms with van der Waals surface area (Å²) >= 11 is 1.89. The van der Waals surface area contributed by atoms with Crippen LogP contribution in [0, 0.1) is 20.8 Å². The van der Waals surface area contributed by atoms with Gasteiger partial charge < -0.3 is 9.47 Å². The summed E-state index contributed by atoms with van der Waals surface area (Å²) in [6, 6.07) is 17.0. The van der Waals surface area contributed by atoms with Gasteiger partial charge >= 0.3 is 0 Å². The Hall–Kier alpha value is -2.53. The molecule has 0 bridgehead atoms. The first kappa shape index (κ1) is 18.5. The first-order valence-corrected chi connectivity index (χ1v) is 11.1. The van der Waals surface area contributed by atoms with Crippen LogP contribution < -0.4 is 0 Å². The first-order chi connectivity index (χ1) is 14.1. The Balaban J connectivity index is 1.67. The number of rotatable bonds is 3. The molecule has 2 aliphatic rings. The monoisotopic (exact) mass is 402 g/mol. The van der Waals surface area contributed by atoms with Crippen molar-refractivity contribution in [1.82, 2.24) is 14.5 Å². The molecule has 0 N–H and O–H groups in total. The number of para-hydroxylation sites is 1. The third-order valence-corrected chi connectivity index (χ3v) is 7.30. The second-order valence-corrected chi connectivity index (χ2v) is 9.42. The number of aromatic nitrogens is 2. The van der Waals surface area contributed by atoms with Gasteiger partial charge in [-0.2, -0.15) is 0 Å². The zero-order chi connectivity index (χ0) is 20.1. The number of amidine groups is 1. The summed E-state index contributed by atoms with van der Waals surface area (Å²) in [5.74, 6) is 0. The van der Waals surface area contributed by atoms with Crippen LogP contribution in [0.2, 0.25) is 0 Å². The van der Waals surface area contributed by atoms with Crippen molar-refractivity contribution < 1.29 is 0 Å². The predicted molar refractivity (Wildman–Crippen MR) is 121 cm³/mol. The number of thioether (sulfide) groups is 1. The summed E-state index contributed by atoms with van der Waals surface area (Å²) in [7, 11) is 0. The molecule has 4 nitrogen and oxygen atoms in total. The second-order valence-electron chi connectivity index (χ2n) is 8.02. The van der Waals surface area contributed by atoms with Crippen LogP contribution in [0.15, 0.2) is 59.7 Å². The van der Waals surface area contributed by atoms with Gasteiger partial charge in [0, 0.05) is 40.6 Å². The van der Waals surface area contributed by atoms with Crippen molar-refractivity contribution in [2.45, 2.75) is 45.0 Å². The van der Waals surface area contributed by atoms with Gasteiger partial charge in [-0.3, -0.25) is 9.98 Å². The molecule has 4 heterocycles.